The van der Waals surface area contributed by atoms with E-state index in [0.717, 1.165) is 12.2 Å². The van der Waals surface area contributed by atoms with Gasteiger partial charge in [0.2, 0.25) is 0 Å². The monoisotopic (exact) mass is 264 g/mol. The Morgan fingerprint density at radius 2 is 2.00 bits per heavy atom. The summed E-state index contributed by atoms with van der Waals surface area (Å²) in [6, 6.07) is 0.532. The highest BCUT2D eigenvalue weighted by molar-refractivity contribution is 7.98. The second-order valence-electron chi connectivity index (χ2n) is 3.81. The van der Waals surface area contributed by atoms with E-state index in [4.69, 9.17) is 0 Å². The third kappa shape index (κ3) is 3.52. The van der Waals surface area contributed by atoms with Crippen molar-refractivity contribution in [2.45, 2.75) is 19.4 Å². The fourth-order valence-electron chi connectivity index (χ4n) is 1.37. The molecule has 0 aromatic carbocycles. The lowest BCUT2D eigenvalue weighted by molar-refractivity contribution is 0.461. The molecule has 17 heavy (non-hydrogen) atoms. The van der Waals surface area contributed by atoms with Gasteiger partial charge in [-0.15, -0.1) is 0 Å². The summed E-state index contributed by atoms with van der Waals surface area (Å²) in [6.07, 6.45) is 2.79. The molecule has 0 aliphatic rings. The van der Waals surface area contributed by atoms with Gasteiger partial charge in [-0.3, -0.25) is 0 Å². The topological polar surface area (TPSA) is 16.1 Å². The van der Waals surface area contributed by atoms with E-state index >= 15 is 0 Å². The maximum Gasteiger partial charge on any atom is 0.251 e. The normalized spacial score (nSPS) is 12.6. The molecule has 6 heteroatoms. The van der Waals surface area contributed by atoms with E-state index in [-0.39, 0.29) is 11.9 Å². The highest BCUT2D eigenvalue weighted by atomic mass is 32.2. The van der Waals surface area contributed by atoms with Gasteiger partial charge in [-0.05, 0) is 25.4 Å². The van der Waals surface area contributed by atoms with E-state index in [9.17, 15) is 13.2 Å². The lowest BCUT2D eigenvalue weighted by Gasteiger charge is -2.26. The number of pyridine rings is 1. The molecule has 1 unspecified atom stereocenters. The van der Waals surface area contributed by atoms with Crippen LogP contribution >= 0.6 is 11.8 Å². The quantitative estimate of drug-likeness (QED) is 0.760. The first-order chi connectivity index (χ1) is 7.97. The number of thioether (sulfide) groups is 1. The summed E-state index contributed by atoms with van der Waals surface area (Å²) in [7, 11) is 1.62. The van der Waals surface area contributed by atoms with Gasteiger partial charge in [0.05, 0.1) is 0 Å². The van der Waals surface area contributed by atoms with Crippen molar-refractivity contribution in [1.82, 2.24) is 4.98 Å². The summed E-state index contributed by atoms with van der Waals surface area (Å²) < 4.78 is 39.1. The zero-order valence-corrected chi connectivity index (χ0v) is 10.8. The van der Waals surface area contributed by atoms with Gasteiger partial charge in [-0.25, -0.2) is 8.78 Å². The van der Waals surface area contributed by atoms with Gasteiger partial charge in [-0.2, -0.15) is 21.1 Å². The molecule has 96 valence electrons. The molecule has 1 atom stereocenters. The van der Waals surface area contributed by atoms with Crippen LogP contribution in [0, 0.1) is 17.6 Å². The maximum absolute atomic E-state index is 13.4. The number of hydrogen-bond acceptors (Lipinski definition) is 3. The molecule has 1 rings (SSSR count). The summed E-state index contributed by atoms with van der Waals surface area (Å²) in [5, 5.41) is 0. The molecule has 0 saturated carbocycles. The van der Waals surface area contributed by atoms with Crippen LogP contribution in [-0.2, 0) is 0 Å². The first kappa shape index (κ1) is 14.2. The predicted octanol–water partition coefficient (Wildman–Crippen LogP) is 3.08. The van der Waals surface area contributed by atoms with Gasteiger partial charge in [0.25, 0.3) is 5.95 Å². The van der Waals surface area contributed by atoms with Crippen molar-refractivity contribution in [3.8, 4) is 0 Å². The minimum atomic E-state index is -1.27. The van der Waals surface area contributed by atoms with E-state index in [2.05, 4.69) is 4.98 Å². The van der Waals surface area contributed by atoms with Crippen molar-refractivity contribution in [1.29, 1.82) is 0 Å². The number of rotatable bonds is 5. The summed E-state index contributed by atoms with van der Waals surface area (Å²) in [6.45, 7) is 1.89. The number of aromatic nitrogens is 1. The number of halogens is 3. The van der Waals surface area contributed by atoms with E-state index in [0.29, 0.717) is 6.07 Å². The third-order valence-electron chi connectivity index (χ3n) is 2.60. The minimum absolute atomic E-state index is 0.00862. The molecular formula is C11H15F3N2S. The molecule has 0 fully saturated rings. The Hall–Kier alpha value is -0.910. The van der Waals surface area contributed by atoms with Crippen LogP contribution in [0.1, 0.15) is 13.3 Å². The molecule has 0 radical (unpaired) electrons. The molecule has 0 N–H and O–H groups in total. The molecule has 0 aliphatic heterocycles. The Morgan fingerprint density at radius 3 is 2.59 bits per heavy atom. The maximum atomic E-state index is 13.4. The van der Waals surface area contributed by atoms with Crippen LogP contribution in [0.15, 0.2) is 6.07 Å². The van der Waals surface area contributed by atoms with Gasteiger partial charge in [-0.1, -0.05) is 0 Å². The summed E-state index contributed by atoms with van der Waals surface area (Å²) in [4.78, 5) is 4.83. The van der Waals surface area contributed by atoms with Crippen molar-refractivity contribution in [3.63, 3.8) is 0 Å². The molecular weight excluding hydrogens is 249 g/mol. The Morgan fingerprint density at radius 1 is 1.35 bits per heavy atom. The van der Waals surface area contributed by atoms with Crippen LogP contribution in [0.2, 0.25) is 0 Å². The van der Waals surface area contributed by atoms with Gasteiger partial charge in [0.15, 0.2) is 17.5 Å². The summed E-state index contributed by atoms with van der Waals surface area (Å²) in [5.41, 5.74) is 0. The average molecular weight is 264 g/mol. The predicted molar refractivity (Wildman–Crippen MR) is 65.0 cm³/mol. The summed E-state index contributed by atoms with van der Waals surface area (Å²) in [5.74, 6) is -2.63. The van der Waals surface area contributed by atoms with Gasteiger partial charge >= 0.3 is 0 Å². The Bertz CT molecular complexity index is 387. The SMILES string of the molecule is CSCCC(C)N(C)c1nc(F)c(F)cc1F. The Kier molecular flexibility index (Phi) is 5.11. The van der Waals surface area contributed by atoms with E-state index in [1.165, 1.54) is 4.90 Å². The van der Waals surface area contributed by atoms with E-state index in [1.807, 2.05) is 13.2 Å². The fourth-order valence-corrected chi connectivity index (χ4v) is 1.95. The molecule has 0 bridgehead atoms. The third-order valence-corrected chi connectivity index (χ3v) is 3.25. The summed E-state index contributed by atoms with van der Waals surface area (Å²) >= 11 is 1.68. The molecule has 0 aliphatic carbocycles. The lowest BCUT2D eigenvalue weighted by Crippen LogP contribution is -2.31. The molecule has 1 aromatic rings. The van der Waals surface area contributed by atoms with Crippen molar-refractivity contribution >= 4 is 17.6 Å². The van der Waals surface area contributed by atoms with E-state index < -0.39 is 17.6 Å². The zero-order valence-electron chi connectivity index (χ0n) is 10.0. The van der Waals surface area contributed by atoms with Crippen LogP contribution in [-0.4, -0.2) is 30.1 Å². The van der Waals surface area contributed by atoms with Crippen LogP contribution in [0.3, 0.4) is 0 Å². The van der Waals surface area contributed by atoms with Crippen molar-refractivity contribution in [2.24, 2.45) is 0 Å². The standard InChI is InChI=1S/C11H15F3N2S/c1-7(4-5-17-3)16(2)11-9(13)6-8(12)10(14)15-11/h6-7H,4-5H2,1-3H3. The minimum Gasteiger partial charge on any atom is -0.354 e. The van der Waals surface area contributed by atoms with Gasteiger partial charge in [0, 0.05) is 19.2 Å². The number of hydrogen-bond donors (Lipinski definition) is 0. The molecule has 1 heterocycles. The molecule has 0 spiro atoms. The Balaban J connectivity index is 2.88. The molecule has 2 nitrogen and oxygen atoms in total. The van der Waals surface area contributed by atoms with Crippen LogP contribution in [0.5, 0.6) is 0 Å². The van der Waals surface area contributed by atoms with E-state index in [1.54, 1.807) is 18.8 Å². The molecule has 0 amide bonds. The second-order valence-corrected chi connectivity index (χ2v) is 4.79. The first-order valence-corrected chi connectivity index (χ1v) is 6.60. The van der Waals surface area contributed by atoms with Crippen molar-refractivity contribution in [3.05, 3.63) is 23.6 Å². The molecule has 0 saturated heterocycles. The fraction of sp³-hybridized carbons (Fsp3) is 0.545. The van der Waals surface area contributed by atoms with Crippen LogP contribution in [0.4, 0.5) is 19.0 Å². The van der Waals surface area contributed by atoms with Gasteiger partial charge < -0.3 is 4.90 Å². The number of anilines is 1. The van der Waals surface area contributed by atoms with Crippen molar-refractivity contribution < 1.29 is 13.2 Å². The zero-order chi connectivity index (χ0) is 13.0. The van der Waals surface area contributed by atoms with Crippen molar-refractivity contribution in [2.75, 3.05) is 24.0 Å². The average Bonchev–Trinajstić information content (AvgIpc) is 2.29. The smallest absolute Gasteiger partial charge is 0.251 e. The van der Waals surface area contributed by atoms with Gasteiger partial charge in [0.1, 0.15) is 0 Å². The molecule has 1 aromatic heterocycles. The van der Waals surface area contributed by atoms with Crippen LogP contribution < -0.4 is 4.90 Å². The highest BCUT2D eigenvalue weighted by Crippen LogP contribution is 2.20. The van der Waals surface area contributed by atoms with Crippen LogP contribution in [0.25, 0.3) is 0 Å². The first-order valence-electron chi connectivity index (χ1n) is 5.20. The number of nitrogens with zero attached hydrogens (tertiary/aromatic N) is 2. The lowest BCUT2D eigenvalue weighted by atomic mass is 10.2. The largest absolute Gasteiger partial charge is 0.354 e. The highest BCUT2D eigenvalue weighted by Gasteiger charge is 2.18. The second kappa shape index (κ2) is 6.14. The Labute approximate surface area is 103 Å².